The van der Waals surface area contributed by atoms with E-state index in [2.05, 4.69) is 13.2 Å². The van der Waals surface area contributed by atoms with E-state index in [-0.39, 0.29) is 48.7 Å². The number of aliphatic hydroxyl groups excluding tert-OH is 1. The van der Waals surface area contributed by atoms with Crippen molar-refractivity contribution >= 4 is 46.8 Å². The molecule has 2 unspecified atom stereocenters. The Bertz CT molecular complexity index is 1110. The van der Waals surface area contributed by atoms with Crippen LogP contribution in [-0.4, -0.2) is 69.6 Å². The average molecular weight is 575 g/mol. The number of thioether (sulfide) groups is 1. The van der Waals surface area contributed by atoms with Gasteiger partial charge in [0, 0.05) is 11.8 Å². The second-order valence-corrected chi connectivity index (χ2v) is 13.1. The fourth-order valence-corrected chi connectivity index (χ4v) is 9.03. The highest BCUT2D eigenvalue weighted by Crippen LogP contribution is 2.67. The predicted octanol–water partition coefficient (Wildman–Crippen LogP) is 4.87. The van der Waals surface area contributed by atoms with Crippen LogP contribution in [0.2, 0.25) is 5.02 Å². The largest absolute Gasteiger partial charge is 0.465 e. The first-order valence-electron chi connectivity index (χ1n) is 13.8. The van der Waals surface area contributed by atoms with Crippen molar-refractivity contribution in [2.75, 3.05) is 24.7 Å². The first-order valence-corrected chi connectivity index (χ1v) is 15.0. The molecule has 6 atom stereocenters. The van der Waals surface area contributed by atoms with Crippen molar-refractivity contribution in [1.82, 2.24) is 4.90 Å². The molecule has 0 radical (unpaired) electrons. The van der Waals surface area contributed by atoms with Crippen molar-refractivity contribution < 1.29 is 24.2 Å². The molecule has 2 amide bonds. The molecule has 1 aromatic carbocycles. The number of allylic oxidation sites excluding steroid dienone is 1. The van der Waals surface area contributed by atoms with E-state index < -0.39 is 28.7 Å². The van der Waals surface area contributed by atoms with Gasteiger partial charge in [-0.15, -0.1) is 24.9 Å². The zero-order valence-corrected chi connectivity index (χ0v) is 24.3. The molecular formula is C30H39ClN2O5S. The van der Waals surface area contributed by atoms with E-state index >= 15 is 0 Å². The summed E-state index contributed by atoms with van der Waals surface area (Å²) in [6, 6.07) is 5.71. The SMILES string of the molecule is C=CCCCOC(=O)[C@@H]1[C@H]2C(=O)N([C@@H](CO)CC(C)C)C(C(=O)N(CC=C)c3ccccc3Cl)C23CC[C@H]1S3. The number of nitrogens with zero attached hydrogens (tertiary/aromatic N) is 2. The van der Waals surface area contributed by atoms with Crippen LogP contribution >= 0.6 is 23.4 Å². The molecule has 4 rings (SSSR count). The van der Waals surface area contributed by atoms with Crippen molar-refractivity contribution in [3.63, 3.8) is 0 Å². The lowest BCUT2D eigenvalue weighted by atomic mass is 9.71. The zero-order chi connectivity index (χ0) is 28.3. The Morgan fingerprint density at radius 3 is 2.69 bits per heavy atom. The normalized spacial score (nSPS) is 27.9. The standard InChI is InChI=1S/C30H39ClN2O5S/c1-5-7-10-16-38-29(37)24-23-13-14-30(39-23)25(24)27(35)33(20(18-34)17-19(3)4)26(30)28(36)32(15-6-2)22-12-9-8-11-21(22)31/h5-6,8-9,11-12,19-20,23-26,34H,1-2,7,10,13-18H2,3-4H3/t20-,23-,24+,25+,26?,30?/m1/s1. The molecule has 0 saturated carbocycles. The first kappa shape index (κ1) is 29.7. The molecule has 1 N–H and O–H groups in total. The van der Waals surface area contributed by atoms with Crippen molar-refractivity contribution in [3.05, 3.63) is 54.6 Å². The number of fused-ring (bicyclic) bond motifs is 1. The number of hydrogen-bond donors (Lipinski definition) is 1. The summed E-state index contributed by atoms with van der Waals surface area (Å²) >= 11 is 8.12. The highest BCUT2D eigenvalue weighted by atomic mass is 35.5. The number of unbranched alkanes of at least 4 members (excludes halogenated alkanes) is 1. The van der Waals surface area contributed by atoms with Crippen LogP contribution in [0.1, 0.15) is 46.0 Å². The molecule has 3 saturated heterocycles. The highest BCUT2D eigenvalue weighted by molar-refractivity contribution is 8.02. The molecule has 3 aliphatic rings. The average Bonchev–Trinajstić information content (AvgIpc) is 3.56. The Labute approximate surface area is 240 Å². The summed E-state index contributed by atoms with van der Waals surface area (Å²) in [5, 5.41) is 10.8. The lowest BCUT2D eigenvalue weighted by Gasteiger charge is -2.40. The van der Waals surface area contributed by atoms with Crippen LogP contribution in [-0.2, 0) is 19.1 Å². The first-order chi connectivity index (χ1) is 18.7. The molecule has 2 bridgehead atoms. The van der Waals surface area contributed by atoms with Crippen LogP contribution in [0.4, 0.5) is 5.69 Å². The van der Waals surface area contributed by atoms with Crippen LogP contribution in [0.25, 0.3) is 0 Å². The Balaban J connectivity index is 1.76. The molecule has 3 fully saturated rings. The number of carbonyl (C=O) groups excluding carboxylic acids is 3. The van der Waals surface area contributed by atoms with Gasteiger partial charge in [-0.05, 0) is 50.2 Å². The van der Waals surface area contributed by atoms with Gasteiger partial charge in [0.25, 0.3) is 5.91 Å². The number of anilines is 1. The van der Waals surface area contributed by atoms with Crippen LogP contribution < -0.4 is 4.90 Å². The van der Waals surface area contributed by atoms with Gasteiger partial charge in [0.2, 0.25) is 5.91 Å². The number of ether oxygens (including phenoxy) is 1. The molecule has 9 heteroatoms. The number of amides is 2. The number of benzene rings is 1. The monoisotopic (exact) mass is 574 g/mol. The van der Waals surface area contributed by atoms with Gasteiger partial charge >= 0.3 is 5.97 Å². The summed E-state index contributed by atoms with van der Waals surface area (Å²) in [5.74, 6) is -2.00. The smallest absolute Gasteiger partial charge is 0.310 e. The third kappa shape index (κ3) is 5.40. The number of esters is 1. The van der Waals surface area contributed by atoms with E-state index in [0.717, 1.165) is 12.8 Å². The summed E-state index contributed by atoms with van der Waals surface area (Å²) in [6.45, 7) is 11.8. The molecule has 3 aliphatic heterocycles. The Hall–Kier alpha value is -2.29. The van der Waals surface area contributed by atoms with Crippen LogP contribution in [0.5, 0.6) is 0 Å². The second-order valence-electron chi connectivity index (χ2n) is 11.1. The van der Waals surface area contributed by atoms with E-state index in [4.69, 9.17) is 16.3 Å². The molecule has 1 aromatic rings. The van der Waals surface area contributed by atoms with Crippen molar-refractivity contribution in [3.8, 4) is 0 Å². The van der Waals surface area contributed by atoms with Crippen LogP contribution in [0.3, 0.4) is 0 Å². The molecule has 3 heterocycles. The molecule has 0 aliphatic carbocycles. The molecule has 212 valence electrons. The Morgan fingerprint density at radius 1 is 1.31 bits per heavy atom. The number of hydrogen-bond acceptors (Lipinski definition) is 6. The van der Waals surface area contributed by atoms with E-state index in [9.17, 15) is 19.5 Å². The van der Waals surface area contributed by atoms with Gasteiger partial charge in [-0.25, -0.2) is 0 Å². The maximum atomic E-state index is 14.6. The predicted molar refractivity (Wildman–Crippen MR) is 156 cm³/mol. The van der Waals surface area contributed by atoms with Gasteiger partial charge in [-0.1, -0.05) is 49.7 Å². The quantitative estimate of drug-likeness (QED) is 0.205. The second kappa shape index (κ2) is 12.5. The number of para-hydroxylation sites is 1. The number of rotatable bonds is 13. The third-order valence-corrected chi connectivity index (χ3v) is 10.4. The number of carbonyl (C=O) groups is 3. The summed E-state index contributed by atoms with van der Waals surface area (Å²) in [7, 11) is 0. The summed E-state index contributed by atoms with van der Waals surface area (Å²) in [5.41, 5.74) is 0.538. The van der Waals surface area contributed by atoms with Crippen molar-refractivity contribution in [2.24, 2.45) is 17.8 Å². The minimum atomic E-state index is -0.851. The maximum Gasteiger partial charge on any atom is 0.310 e. The molecule has 0 aromatic heterocycles. The van der Waals surface area contributed by atoms with Crippen LogP contribution in [0, 0.1) is 17.8 Å². The lowest BCUT2D eigenvalue weighted by Crippen LogP contribution is -2.58. The number of likely N-dealkylation sites (tertiary alicyclic amines) is 1. The molecular weight excluding hydrogens is 536 g/mol. The fraction of sp³-hybridized carbons (Fsp3) is 0.567. The van der Waals surface area contributed by atoms with Gasteiger partial charge in [0.05, 0.1) is 46.5 Å². The van der Waals surface area contributed by atoms with E-state index in [1.165, 1.54) is 0 Å². The summed E-state index contributed by atoms with van der Waals surface area (Å²) < 4.78 is 4.86. The van der Waals surface area contributed by atoms with Gasteiger partial charge < -0.3 is 19.6 Å². The number of halogens is 1. The number of aliphatic hydroxyl groups is 1. The topological polar surface area (TPSA) is 87.1 Å². The molecule has 7 nitrogen and oxygen atoms in total. The molecule has 39 heavy (non-hydrogen) atoms. The lowest BCUT2D eigenvalue weighted by molar-refractivity contribution is -0.154. The minimum absolute atomic E-state index is 0.0888. The van der Waals surface area contributed by atoms with Crippen molar-refractivity contribution in [1.29, 1.82) is 0 Å². The van der Waals surface area contributed by atoms with E-state index in [1.807, 2.05) is 19.9 Å². The highest BCUT2D eigenvalue weighted by Gasteiger charge is 2.74. The summed E-state index contributed by atoms with van der Waals surface area (Å²) in [6.07, 6.45) is 6.72. The summed E-state index contributed by atoms with van der Waals surface area (Å²) in [4.78, 5) is 45.5. The molecule has 1 spiro atoms. The van der Waals surface area contributed by atoms with Crippen molar-refractivity contribution in [2.45, 2.75) is 68.0 Å². The van der Waals surface area contributed by atoms with Gasteiger partial charge in [-0.2, -0.15) is 0 Å². The Kier molecular flexibility index (Phi) is 9.50. The van der Waals surface area contributed by atoms with Gasteiger partial charge in [0.1, 0.15) is 6.04 Å². The fourth-order valence-electron chi connectivity index (χ4n) is 6.60. The van der Waals surface area contributed by atoms with Crippen LogP contribution in [0.15, 0.2) is 49.6 Å². The van der Waals surface area contributed by atoms with Gasteiger partial charge in [0.15, 0.2) is 0 Å². The van der Waals surface area contributed by atoms with Gasteiger partial charge in [-0.3, -0.25) is 14.4 Å². The Morgan fingerprint density at radius 2 is 2.05 bits per heavy atom. The minimum Gasteiger partial charge on any atom is -0.465 e. The zero-order valence-electron chi connectivity index (χ0n) is 22.8. The maximum absolute atomic E-state index is 14.6. The third-order valence-electron chi connectivity index (χ3n) is 8.11. The van der Waals surface area contributed by atoms with E-state index in [1.54, 1.807) is 51.9 Å². The van der Waals surface area contributed by atoms with E-state index in [0.29, 0.717) is 30.0 Å².